The van der Waals surface area contributed by atoms with Crippen LogP contribution in [0.3, 0.4) is 0 Å². The van der Waals surface area contributed by atoms with Gasteiger partial charge in [-0.2, -0.15) is 0 Å². The molecular formula is C12H13NO4. The summed E-state index contributed by atoms with van der Waals surface area (Å²) >= 11 is 0. The maximum atomic E-state index is 10.8. The van der Waals surface area contributed by atoms with Crippen molar-refractivity contribution in [3.05, 3.63) is 47.2 Å². The molecule has 0 atom stereocenters. The van der Waals surface area contributed by atoms with E-state index in [1.54, 1.807) is 6.92 Å². The van der Waals surface area contributed by atoms with Crippen LogP contribution < -0.4 is 5.48 Å². The number of allylic oxidation sites excluding steroid dienone is 1. The number of aromatic carboxylic acids is 1. The number of benzene rings is 1. The van der Waals surface area contributed by atoms with E-state index in [9.17, 15) is 9.90 Å². The van der Waals surface area contributed by atoms with E-state index in [0.717, 1.165) is 0 Å². The predicted octanol–water partition coefficient (Wildman–Crippen LogP) is 2.25. The van der Waals surface area contributed by atoms with Crippen LogP contribution >= 0.6 is 0 Å². The van der Waals surface area contributed by atoms with Gasteiger partial charge in [0.15, 0.2) is 0 Å². The Balaban J connectivity index is 3.35. The monoisotopic (exact) mass is 235 g/mol. The molecule has 0 spiro atoms. The quantitative estimate of drug-likeness (QED) is 0.474. The highest BCUT2D eigenvalue weighted by molar-refractivity contribution is 5.89. The Kier molecular flexibility index (Phi) is 3.90. The van der Waals surface area contributed by atoms with Gasteiger partial charge in [-0.25, -0.2) is 4.79 Å². The third-order valence-electron chi connectivity index (χ3n) is 2.16. The van der Waals surface area contributed by atoms with Crippen molar-refractivity contribution in [2.75, 3.05) is 0 Å². The van der Waals surface area contributed by atoms with Gasteiger partial charge in [0.05, 0.1) is 5.56 Å². The molecule has 5 heteroatoms. The minimum atomic E-state index is -1.07. The predicted molar refractivity (Wildman–Crippen MR) is 63.6 cm³/mol. The van der Waals surface area contributed by atoms with Crippen LogP contribution in [0.15, 0.2) is 30.5 Å². The van der Waals surface area contributed by atoms with Gasteiger partial charge in [-0.3, -0.25) is 10.7 Å². The van der Waals surface area contributed by atoms with Gasteiger partial charge in [0.25, 0.3) is 0 Å². The highest BCUT2D eigenvalue weighted by Gasteiger charge is 2.09. The normalized spacial score (nSPS) is 11.1. The molecule has 0 aliphatic carbocycles. The summed E-state index contributed by atoms with van der Waals surface area (Å²) in [6.45, 7) is 4.98. The van der Waals surface area contributed by atoms with E-state index in [1.165, 1.54) is 24.3 Å². The number of rotatable bonds is 4. The molecule has 5 nitrogen and oxygen atoms in total. The molecule has 17 heavy (non-hydrogen) atoms. The van der Waals surface area contributed by atoms with E-state index in [2.05, 4.69) is 6.58 Å². The van der Waals surface area contributed by atoms with Crippen LogP contribution in [0.1, 0.15) is 28.4 Å². The van der Waals surface area contributed by atoms with Gasteiger partial charge >= 0.3 is 5.97 Å². The smallest absolute Gasteiger partial charge is 0.335 e. The van der Waals surface area contributed by atoms with Crippen molar-refractivity contribution >= 4 is 17.8 Å². The first-order valence-electron chi connectivity index (χ1n) is 4.79. The minimum absolute atomic E-state index is 0.0898. The summed E-state index contributed by atoms with van der Waals surface area (Å²) in [4.78, 5) is 10.8. The van der Waals surface area contributed by atoms with Crippen molar-refractivity contribution in [3.8, 4) is 0 Å². The zero-order valence-electron chi connectivity index (χ0n) is 9.27. The lowest BCUT2D eigenvalue weighted by atomic mass is 10.0. The van der Waals surface area contributed by atoms with Gasteiger partial charge in [0.1, 0.15) is 5.76 Å². The minimum Gasteiger partial charge on any atom is -0.508 e. The molecule has 4 N–H and O–H groups in total. The Bertz CT molecular complexity index is 491. The number of hydrogen-bond acceptors (Lipinski definition) is 4. The average molecular weight is 235 g/mol. The summed E-state index contributed by atoms with van der Waals surface area (Å²) in [6.07, 6.45) is 1.50. The number of carbonyl (C=O) groups is 1. The van der Waals surface area contributed by atoms with E-state index >= 15 is 0 Å². The average Bonchev–Trinajstić information content (AvgIpc) is 2.28. The van der Waals surface area contributed by atoms with Crippen molar-refractivity contribution in [2.24, 2.45) is 0 Å². The van der Waals surface area contributed by atoms with Gasteiger partial charge < -0.3 is 10.2 Å². The van der Waals surface area contributed by atoms with Crippen LogP contribution in [0.4, 0.5) is 0 Å². The first kappa shape index (κ1) is 12.8. The first-order valence-corrected chi connectivity index (χ1v) is 4.79. The molecule has 90 valence electrons. The Labute approximate surface area is 98.3 Å². The second kappa shape index (κ2) is 5.18. The van der Waals surface area contributed by atoms with Crippen molar-refractivity contribution in [2.45, 2.75) is 6.92 Å². The fourth-order valence-electron chi connectivity index (χ4n) is 1.34. The molecule has 0 unspecified atom stereocenters. The van der Waals surface area contributed by atoms with E-state index < -0.39 is 5.97 Å². The molecule has 0 fully saturated rings. The van der Waals surface area contributed by atoms with E-state index in [1.807, 2.05) is 5.48 Å². The van der Waals surface area contributed by atoms with Crippen LogP contribution in [0.2, 0.25) is 0 Å². The maximum Gasteiger partial charge on any atom is 0.335 e. The van der Waals surface area contributed by atoms with Crippen LogP contribution in [-0.2, 0) is 0 Å². The summed E-state index contributed by atoms with van der Waals surface area (Å²) in [5.41, 5.74) is 3.29. The van der Waals surface area contributed by atoms with E-state index in [-0.39, 0.29) is 11.3 Å². The number of aliphatic hydroxyl groups excluding tert-OH is 1. The fraction of sp³-hybridized carbons (Fsp3) is 0.0833. The van der Waals surface area contributed by atoms with Crippen molar-refractivity contribution in [3.63, 3.8) is 0 Å². The highest BCUT2D eigenvalue weighted by Crippen LogP contribution is 2.20. The van der Waals surface area contributed by atoms with Gasteiger partial charge in [-0.1, -0.05) is 6.58 Å². The molecule has 0 bridgehead atoms. The Morgan fingerprint density at radius 2 is 2.06 bits per heavy atom. The lowest BCUT2D eigenvalue weighted by molar-refractivity contribution is 0.0697. The number of hydrogen-bond donors (Lipinski definition) is 4. The number of nitrogens with one attached hydrogen (secondary N) is 1. The van der Waals surface area contributed by atoms with Crippen LogP contribution in [0.25, 0.3) is 11.8 Å². The van der Waals surface area contributed by atoms with Crippen molar-refractivity contribution < 1.29 is 20.2 Å². The summed E-state index contributed by atoms with van der Waals surface area (Å²) in [5.74, 6) is -1.23. The van der Waals surface area contributed by atoms with E-state index in [0.29, 0.717) is 16.8 Å². The van der Waals surface area contributed by atoms with Crippen LogP contribution in [-0.4, -0.2) is 21.4 Å². The molecule has 1 rings (SSSR count). The van der Waals surface area contributed by atoms with Gasteiger partial charge in [0, 0.05) is 11.3 Å². The van der Waals surface area contributed by atoms with Crippen molar-refractivity contribution in [1.29, 1.82) is 0 Å². The third kappa shape index (κ3) is 3.09. The Morgan fingerprint density at radius 3 is 2.53 bits per heavy atom. The molecule has 0 aliphatic rings. The first-order chi connectivity index (χ1) is 7.95. The summed E-state index contributed by atoms with van der Waals surface area (Å²) in [7, 11) is 0. The molecule has 0 saturated carbocycles. The highest BCUT2D eigenvalue weighted by atomic mass is 16.5. The Morgan fingerprint density at radius 1 is 1.41 bits per heavy atom. The third-order valence-corrected chi connectivity index (χ3v) is 2.16. The topological polar surface area (TPSA) is 89.8 Å². The van der Waals surface area contributed by atoms with Crippen LogP contribution in [0, 0.1) is 0 Å². The molecule has 1 aromatic rings. The second-order valence-electron chi connectivity index (χ2n) is 3.49. The maximum absolute atomic E-state index is 10.8. The molecular weight excluding hydrogens is 222 g/mol. The number of hydroxylamine groups is 1. The molecule has 0 radical (unpaired) electrons. The molecule has 0 heterocycles. The molecule has 0 saturated heterocycles. The summed E-state index contributed by atoms with van der Waals surface area (Å²) < 4.78 is 0. The molecule has 0 aromatic heterocycles. The standard InChI is InChI=1S/C12H13NO4/c1-7(13-17)5-10-6-9(12(15)16)3-4-11(10)8(2)14/h3-6,13-14,17H,2H2,1H3,(H,15,16)/b7-5+. The summed E-state index contributed by atoms with van der Waals surface area (Å²) in [6, 6.07) is 4.22. The lowest BCUT2D eigenvalue weighted by Crippen LogP contribution is -2.03. The van der Waals surface area contributed by atoms with Gasteiger partial charge in [-0.15, -0.1) is 0 Å². The Hall–Kier alpha value is -2.27. The van der Waals surface area contributed by atoms with Gasteiger partial charge in [0.2, 0.25) is 0 Å². The largest absolute Gasteiger partial charge is 0.508 e. The van der Waals surface area contributed by atoms with Crippen LogP contribution in [0.5, 0.6) is 0 Å². The lowest BCUT2D eigenvalue weighted by Gasteiger charge is -2.07. The van der Waals surface area contributed by atoms with E-state index in [4.69, 9.17) is 10.3 Å². The molecule has 0 amide bonds. The van der Waals surface area contributed by atoms with Crippen molar-refractivity contribution in [1.82, 2.24) is 5.48 Å². The number of carboxylic acid groups (broad SMARTS) is 1. The zero-order valence-corrected chi connectivity index (χ0v) is 9.27. The number of carboxylic acids is 1. The number of aliphatic hydroxyl groups is 1. The zero-order chi connectivity index (χ0) is 13.0. The molecule has 1 aromatic carbocycles. The SMILES string of the molecule is C=C(O)c1ccc(C(=O)O)cc1/C=C(\C)NO. The second-order valence-corrected chi connectivity index (χ2v) is 3.49. The molecule has 0 aliphatic heterocycles. The summed E-state index contributed by atoms with van der Waals surface area (Å²) in [5, 5.41) is 26.9. The van der Waals surface area contributed by atoms with Gasteiger partial charge in [-0.05, 0) is 36.8 Å². The fourth-order valence-corrected chi connectivity index (χ4v) is 1.34.